The van der Waals surface area contributed by atoms with Gasteiger partial charge in [0.25, 0.3) is 0 Å². The van der Waals surface area contributed by atoms with E-state index in [0.29, 0.717) is 12.1 Å². The van der Waals surface area contributed by atoms with Crippen molar-refractivity contribution in [3.8, 4) is 0 Å². The van der Waals surface area contributed by atoms with Crippen molar-refractivity contribution in [2.75, 3.05) is 5.43 Å². The van der Waals surface area contributed by atoms with E-state index in [4.69, 9.17) is 0 Å². The molecule has 2 unspecified atom stereocenters. The van der Waals surface area contributed by atoms with Crippen LogP contribution < -0.4 is 5.43 Å². The Hall–Kier alpha value is -1.16. The van der Waals surface area contributed by atoms with E-state index >= 15 is 0 Å². The van der Waals surface area contributed by atoms with Crippen LogP contribution in [-0.4, -0.2) is 27.1 Å². The maximum Gasteiger partial charge on any atom is 0.159 e. The molecular weight excluding hydrogens is 212 g/mol. The van der Waals surface area contributed by atoms with Gasteiger partial charge in [-0.1, -0.05) is 6.42 Å². The molecule has 0 spiro atoms. The summed E-state index contributed by atoms with van der Waals surface area (Å²) in [5.74, 6) is 0.855. The summed E-state index contributed by atoms with van der Waals surface area (Å²) in [6.45, 7) is 8.50. The Morgan fingerprint density at radius 2 is 1.82 bits per heavy atom. The topological polar surface area (TPSA) is 41.1 Å². The Kier molecular flexibility index (Phi) is 3.62. The standard InChI is InChI=1S/C13H22N4/c1-9-6-5-7-10(2)17(9)16-13-8-14-11(3)12(4)15-13/h8-10H,5-7H2,1-4H3,(H,15,16). The van der Waals surface area contributed by atoms with Crippen molar-refractivity contribution in [3.05, 3.63) is 17.6 Å². The lowest BCUT2D eigenvalue weighted by Gasteiger charge is -2.39. The second-order valence-corrected chi connectivity index (χ2v) is 5.07. The number of hydrazine groups is 1. The molecule has 0 bridgehead atoms. The zero-order chi connectivity index (χ0) is 12.4. The van der Waals surface area contributed by atoms with Crippen LogP contribution in [0.2, 0.25) is 0 Å². The van der Waals surface area contributed by atoms with E-state index in [2.05, 4.69) is 34.3 Å². The lowest BCUT2D eigenvalue weighted by Crippen LogP contribution is -2.47. The summed E-state index contributed by atoms with van der Waals surface area (Å²) >= 11 is 0. The van der Waals surface area contributed by atoms with Gasteiger partial charge in [-0.25, -0.2) is 9.99 Å². The molecule has 1 aliphatic rings. The van der Waals surface area contributed by atoms with Gasteiger partial charge in [-0.3, -0.25) is 4.98 Å². The highest BCUT2D eigenvalue weighted by Crippen LogP contribution is 2.22. The van der Waals surface area contributed by atoms with E-state index in [1.165, 1.54) is 19.3 Å². The average molecular weight is 234 g/mol. The number of piperidine rings is 1. The van der Waals surface area contributed by atoms with Crippen LogP contribution in [0, 0.1) is 13.8 Å². The molecule has 0 aliphatic carbocycles. The average Bonchev–Trinajstić information content (AvgIpc) is 2.28. The Morgan fingerprint density at radius 1 is 1.18 bits per heavy atom. The largest absolute Gasteiger partial charge is 0.301 e. The molecule has 1 saturated heterocycles. The van der Waals surface area contributed by atoms with Crippen LogP contribution in [0.15, 0.2) is 6.20 Å². The summed E-state index contributed by atoms with van der Waals surface area (Å²) in [5.41, 5.74) is 5.40. The minimum Gasteiger partial charge on any atom is -0.301 e. The first-order chi connectivity index (χ1) is 8.08. The fourth-order valence-corrected chi connectivity index (χ4v) is 2.37. The van der Waals surface area contributed by atoms with E-state index in [1.807, 2.05) is 20.0 Å². The summed E-state index contributed by atoms with van der Waals surface area (Å²) in [6, 6.07) is 1.12. The van der Waals surface area contributed by atoms with Gasteiger partial charge in [0.1, 0.15) is 0 Å². The van der Waals surface area contributed by atoms with Crippen molar-refractivity contribution in [1.82, 2.24) is 15.0 Å². The second kappa shape index (κ2) is 5.00. The quantitative estimate of drug-likeness (QED) is 0.854. The predicted molar refractivity (Wildman–Crippen MR) is 69.7 cm³/mol. The maximum atomic E-state index is 4.52. The van der Waals surface area contributed by atoms with Crippen LogP contribution in [-0.2, 0) is 0 Å². The smallest absolute Gasteiger partial charge is 0.159 e. The molecule has 94 valence electrons. The van der Waals surface area contributed by atoms with Gasteiger partial charge in [-0.05, 0) is 40.5 Å². The molecule has 2 atom stereocenters. The molecular formula is C13H22N4. The van der Waals surface area contributed by atoms with Crippen molar-refractivity contribution < 1.29 is 0 Å². The number of nitrogens with zero attached hydrogens (tertiary/aromatic N) is 3. The minimum atomic E-state index is 0.558. The van der Waals surface area contributed by atoms with E-state index in [1.54, 1.807) is 0 Å². The molecule has 2 rings (SSSR count). The molecule has 0 radical (unpaired) electrons. The first-order valence-corrected chi connectivity index (χ1v) is 6.43. The van der Waals surface area contributed by atoms with Crippen molar-refractivity contribution in [2.45, 2.75) is 59.0 Å². The SMILES string of the molecule is Cc1ncc(NN2C(C)CCCC2C)nc1C. The van der Waals surface area contributed by atoms with Crippen LogP contribution >= 0.6 is 0 Å². The maximum absolute atomic E-state index is 4.52. The molecule has 0 amide bonds. The summed E-state index contributed by atoms with van der Waals surface area (Å²) in [5, 5.41) is 2.31. The first-order valence-electron chi connectivity index (χ1n) is 6.43. The number of rotatable bonds is 2. The zero-order valence-electron chi connectivity index (χ0n) is 11.2. The fourth-order valence-electron chi connectivity index (χ4n) is 2.37. The zero-order valence-corrected chi connectivity index (χ0v) is 11.2. The Labute approximate surface area is 103 Å². The molecule has 0 saturated carbocycles. The normalized spacial score (nSPS) is 25.9. The van der Waals surface area contributed by atoms with Gasteiger partial charge in [0.2, 0.25) is 0 Å². The van der Waals surface area contributed by atoms with Gasteiger partial charge >= 0.3 is 0 Å². The minimum absolute atomic E-state index is 0.558. The van der Waals surface area contributed by atoms with Gasteiger partial charge in [0, 0.05) is 12.1 Å². The van der Waals surface area contributed by atoms with Crippen LogP contribution in [0.1, 0.15) is 44.5 Å². The van der Waals surface area contributed by atoms with Crippen molar-refractivity contribution >= 4 is 5.82 Å². The summed E-state index contributed by atoms with van der Waals surface area (Å²) in [7, 11) is 0. The third-order valence-corrected chi connectivity index (χ3v) is 3.63. The molecule has 1 aromatic heterocycles. The Bertz CT molecular complexity index is 381. The van der Waals surface area contributed by atoms with Crippen LogP contribution in [0.3, 0.4) is 0 Å². The Balaban J connectivity index is 2.10. The van der Waals surface area contributed by atoms with E-state index < -0.39 is 0 Å². The van der Waals surface area contributed by atoms with Gasteiger partial charge in [0.15, 0.2) is 5.82 Å². The van der Waals surface area contributed by atoms with Crippen molar-refractivity contribution in [1.29, 1.82) is 0 Å². The summed E-state index contributed by atoms with van der Waals surface area (Å²) in [4.78, 5) is 8.86. The molecule has 0 aromatic carbocycles. The van der Waals surface area contributed by atoms with Gasteiger partial charge in [0.05, 0.1) is 17.6 Å². The van der Waals surface area contributed by atoms with E-state index in [-0.39, 0.29) is 0 Å². The monoisotopic (exact) mass is 234 g/mol. The molecule has 2 heterocycles. The summed E-state index contributed by atoms with van der Waals surface area (Å²) in [6.07, 6.45) is 5.63. The second-order valence-electron chi connectivity index (χ2n) is 5.07. The van der Waals surface area contributed by atoms with E-state index in [0.717, 1.165) is 17.2 Å². The molecule has 1 aromatic rings. The number of nitrogens with one attached hydrogen (secondary N) is 1. The number of hydrogen-bond donors (Lipinski definition) is 1. The van der Waals surface area contributed by atoms with Crippen molar-refractivity contribution in [3.63, 3.8) is 0 Å². The fraction of sp³-hybridized carbons (Fsp3) is 0.692. The third kappa shape index (κ3) is 2.75. The van der Waals surface area contributed by atoms with Crippen molar-refractivity contribution in [2.24, 2.45) is 0 Å². The highest BCUT2D eigenvalue weighted by molar-refractivity contribution is 5.32. The lowest BCUT2D eigenvalue weighted by atomic mass is 10.00. The van der Waals surface area contributed by atoms with E-state index in [9.17, 15) is 0 Å². The van der Waals surface area contributed by atoms with Gasteiger partial charge in [-0.2, -0.15) is 0 Å². The highest BCUT2D eigenvalue weighted by atomic mass is 15.5. The molecule has 1 fully saturated rings. The molecule has 4 heteroatoms. The number of aryl methyl sites for hydroxylation is 2. The number of aromatic nitrogens is 2. The predicted octanol–water partition coefficient (Wildman–Crippen LogP) is 2.68. The van der Waals surface area contributed by atoms with Crippen LogP contribution in [0.4, 0.5) is 5.82 Å². The number of hydrogen-bond acceptors (Lipinski definition) is 4. The third-order valence-electron chi connectivity index (χ3n) is 3.63. The lowest BCUT2D eigenvalue weighted by molar-refractivity contribution is 0.135. The van der Waals surface area contributed by atoms with Gasteiger partial charge < -0.3 is 5.43 Å². The molecule has 4 nitrogen and oxygen atoms in total. The molecule has 1 N–H and O–H groups in total. The number of anilines is 1. The summed E-state index contributed by atoms with van der Waals surface area (Å²) < 4.78 is 0. The molecule has 17 heavy (non-hydrogen) atoms. The first kappa shape index (κ1) is 12.3. The van der Waals surface area contributed by atoms with Crippen LogP contribution in [0.5, 0.6) is 0 Å². The molecule has 1 aliphatic heterocycles. The highest BCUT2D eigenvalue weighted by Gasteiger charge is 2.24. The van der Waals surface area contributed by atoms with Crippen LogP contribution in [0.25, 0.3) is 0 Å². The Morgan fingerprint density at radius 3 is 2.41 bits per heavy atom. The van der Waals surface area contributed by atoms with Gasteiger partial charge in [-0.15, -0.1) is 0 Å².